The molecule has 0 unspecified atom stereocenters. The fourth-order valence-corrected chi connectivity index (χ4v) is 11.5. The van der Waals surface area contributed by atoms with Crippen LogP contribution in [-0.4, -0.2) is 324 Å². The summed E-state index contributed by atoms with van der Waals surface area (Å²) in [7, 11) is 0. The summed E-state index contributed by atoms with van der Waals surface area (Å²) in [5.41, 5.74) is 19.8. The summed E-state index contributed by atoms with van der Waals surface area (Å²) >= 11 is 0. The van der Waals surface area contributed by atoms with Crippen LogP contribution in [-0.2, 0) is 111 Å². The second kappa shape index (κ2) is 46.9. The standard InChI is InChI=1S/C70H95N31O24/c1-41-24-98(68(121)87-61(41)115)35-55(111)93(30-49(105)76-7-15-90(27-46(74)102)58(114)38-101-40-82-59-60(101)85-65(75)86-64(59)118)18-10-79-47(103)28-91(53(109)33-96-13-4-44(72)83-66(96)119)16-8-77-50(106)31-94(56(112)36-99-25-42(2)62(116)88-69(99)122)19-11-80-48(104)29-92(54(110)34-97-14-5-45(73)84-67(97)120)17-9-78-51(107)32-95(20-12-81-52(108)39-125-23-22-124-21-6-71)57(113)37-100-26-43(3)63(117)89-70(100)123/h4-5,13-14,24-26,40H,6-12,15-23,27-39,71H2,1-3H3,(H2,74,102)(H,76,105)(H,77,106)(H,78,107)(H,79,103)(H,80,104)(H,81,108)(H2,72,83,119)(H2,73,84,120)(H,87,115,121)(H,88,116,122)(H,89,117,123)(H3,75,85,86,118). The number of H-pyrrole nitrogens is 4. The molecule has 7 rings (SSSR count). The number of carbonyl (C=O) groups excluding carboxylic acids is 13. The number of hydrogen-bond acceptors (Lipinski definition) is 32. The van der Waals surface area contributed by atoms with Crippen molar-refractivity contribution in [3.8, 4) is 0 Å². The number of aryl methyl sites for hydroxylation is 3. The zero-order chi connectivity index (χ0) is 91.7. The smallest absolute Gasteiger partial charge is 0.349 e. The van der Waals surface area contributed by atoms with E-state index in [1.54, 1.807) is 0 Å². The number of aromatic amines is 4. The number of nitrogens with one attached hydrogen (secondary N) is 10. The van der Waals surface area contributed by atoms with Gasteiger partial charge in [0, 0.05) is 133 Å². The van der Waals surface area contributed by atoms with Crippen molar-refractivity contribution in [3.05, 3.63) is 160 Å². The Labute approximate surface area is 702 Å². The molecule has 0 atom stereocenters. The number of ether oxygens (including phenoxy) is 2. The van der Waals surface area contributed by atoms with Crippen LogP contribution >= 0.6 is 0 Å². The number of amides is 13. The van der Waals surface area contributed by atoms with Gasteiger partial charge in [-0.25, -0.2) is 29.0 Å². The van der Waals surface area contributed by atoms with Crippen molar-refractivity contribution in [2.75, 3.05) is 168 Å². The number of nitrogens with zero attached hydrogens (tertiary/aromatic N) is 16. The van der Waals surface area contributed by atoms with Crippen LogP contribution in [0.15, 0.2) is 92.6 Å². The number of fused-ring (bicyclic) bond motifs is 1. The molecule has 55 heteroatoms. The first kappa shape index (κ1) is 96.7. The third-order valence-corrected chi connectivity index (χ3v) is 17.9. The minimum absolute atomic E-state index is 0.00314. The molecule has 0 aliphatic heterocycles. The average Bonchev–Trinajstić information content (AvgIpc) is 1.67. The van der Waals surface area contributed by atoms with Gasteiger partial charge >= 0.3 is 28.4 Å². The lowest BCUT2D eigenvalue weighted by atomic mass is 10.3. The molecule has 0 spiro atoms. The Balaban J connectivity index is 1.02. The molecule has 0 radical (unpaired) electrons. The van der Waals surface area contributed by atoms with Crippen LogP contribution in [0.5, 0.6) is 0 Å². The van der Waals surface area contributed by atoms with Crippen LogP contribution in [0.4, 0.5) is 17.6 Å². The third-order valence-electron chi connectivity index (χ3n) is 17.9. The van der Waals surface area contributed by atoms with Crippen molar-refractivity contribution in [2.24, 2.45) is 11.5 Å². The number of rotatable bonds is 49. The first-order valence-corrected chi connectivity index (χ1v) is 38.0. The molecule has 0 bridgehead atoms. The van der Waals surface area contributed by atoms with Crippen molar-refractivity contribution in [1.29, 1.82) is 0 Å². The lowest BCUT2D eigenvalue weighted by Crippen LogP contribution is -2.50. The van der Waals surface area contributed by atoms with Gasteiger partial charge in [-0.05, 0) is 32.9 Å². The third kappa shape index (κ3) is 30.9. The quantitative estimate of drug-likeness (QED) is 0.0157. The maximum atomic E-state index is 14.2. The summed E-state index contributed by atoms with van der Waals surface area (Å²) in [4.78, 5) is 320. The number of nitrogen functional groups attached to an aromatic ring is 3. The van der Waals surface area contributed by atoms with E-state index in [0.29, 0.717) is 0 Å². The van der Waals surface area contributed by atoms with Gasteiger partial charge in [0.25, 0.3) is 22.2 Å². The predicted octanol–water partition coefficient (Wildman–Crippen LogP) is -14.9. The van der Waals surface area contributed by atoms with Crippen molar-refractivity contribution in [2.45, 2.75) is 60.0 Å². The normalized spacial score (nSPS) is 10.9. The Morgan fingerprint density at radius 2 is 0.688 bits per heavy atom. The molecule has 0 fully saturated rings. The van der Waals surface area contributed by atoms with E-state index in [4.69, 9.17) is 38.1 Å². The fourth-order valence-electron chi connectivity index (χ4n) is 11.5. The van der Waals surface area contributed by atoms with Gasteiger partial charge in [-0.3, -0.25) is 124 Å². The van der Waals surface area contributed by atoms with Gasteiger partial charge in [0.2, 0.25) is 82.7 Å². The molecular weight excluding hydrogens is 1660 g/mol. The van der Waals surface area contributed by atoms with Gasteiger partial charge in [0.05, 0.1) is 65.4 Å². The van der Waals surface area contributed by atoms with E-state index in [1.807, 2.05) is 4.98 Å². The molecule has 0 aromatic carbocycles. The number of aromatic nitrogens is 14. The molecule has 7 aromatic heterocycles. The molecule has 0 saturated heterocycles. The zero-order valence-electron chi connectivity index (χ0n) is 68.0. The maximum Gasteiger partial charge on any atom is 0.349 e. The summed E-state index contributed by atoms with van der Waals surface area (Å²) < 4.78 is 15.9. The summed E-state index contributed by atoms with van der Waals surface area (Å²) in [5.74, 6) is -12.1. The van der Waals surface area contributed by atoms with Gasteiger partial charge in [-0.2, -0.15) is 15.0 Å². The second-order valence-corrected chi connectivity index (χ2v) is 27.5. The number of carbonyl (C=O) groups is 13. The summed E-state index contributed by atoms with van der Waals surface area (Å²) in [6.07, 6.45) is 6.67. The zero-order valence-corrected chi connectivity index (χ0v) is 68.0. The van der Waals surface area contributed by atoms with Gasteiger partial charge < -0.3 is 104 Å². The lowest BCUT2D eigenvalue weighted by Gasteiger charge is -2.26. The van der Waals surface area contributed by atoms with Crippen LogP contribution in [0.25, 0.3) is 11.2 Å². The van der Waals surface area contributed by atoms with Gasteiger partial charge in [0.15, 0.2) is 11.2 Å². The SMILES string of the molecule is Cc1cn(CC(=O)N(CCNC(=O)CN(CCNC(=O)CN(CCNC(=O)CN(CCNC(=O)CN(CCNC(=O)COCCOCCN)C(=O)Cn2cc(C)c(=O)[nH]c2=O)C(=O)Cn2ccc(N)nc2=O)C(=O)Cn2cc(C)c(=O)[nH]c2=O)C(=O)Cn2ccc(N)nc2=O)CC(=O)NCCN(CC(N)=O)C(=O)Cn2cnc3c(=O)[nH]c(N)nc32)c(=O)[nH]c1=O. The number of primary amides is 1. The highest BCUT2D eigenvalue weighted by Gasteiger charge is 2.28. The highest BCUT2D eigenvalue weighted by Crippen LogP contribution is 2.09. The molecule has 7 aromatic rings. The predicted molar refractivity (Wildman–Crippen MR) is 434 cm³/mol. The Bertz CT molecular complexity index is 5720. The van der Waals surface area contributed by atoms with E-state index in [1.165, 1.54) is 37.5 Å². The molecule has 125 heavy (non-hydrogen) atoms. The molecule has 13 amide bonds. The highest BCUT2D eigenvalue weighted by molar-refractivity contribution is 5.89. The first-order valence-electron chi connectivity index (χ1n) is 38.0. The summed E-state index contributed by atoms with van der Waals surface area (Å²) in [6, 6.07) is 2.40. The van der Waals surface area contributed by atoms with E-state index < -0.39 is 265 Å². The Kier molecular flexibility index (Phi) is 36.3. The van der Waals surface area contributed by atoms with E-state index in [2.05, 4.69) is 66.8 Å². The lowest BCUT2D eigenvalue weighted by molar-refractivity contribution is -0.138. The van der Waals surface area contributed by atoms with Crippen LogP contribution in [0.1, 0.15) is 16.7 Å². The maximum absolute atomic E-state index is 14.2. The van der Waals surface area contributed by atoms with Crippen LogP contribution in [0.3, 0.4) is 0 Å². The first-order chi connectivity index (χ1) is 59.3. The molecule has 55 nitrogen and oxygen atoms in total. The van der Waals surface area contributed by atoms with Crippen molar-refractivity contribution in [3.63, 3.8) is 0 Å². The second-order valence-electron chi connectivity index (χ2n) is 27.5. The van der Waals surface area contributed by atoms with Gasteiger partial charge in [-0.15, -0.1) is 0 Å². The highest BCUT2D eigenvalue weighted by atomic mass is 16.5. The average molecular weight is 1750 g/mol. The van der Waals surface area contributed by atoms with Crippen molar-refractivity contribution >= 4 is 106 Å². The largest absolute Gasteiger partial charge is 0.383 e. The Hall–Kier alpha value is -15.5. The van der Waals surface area contributed by atoms with Gasteiger partial charge in [0.1, 0.15) is 57.5 Å². The molecule has 0 aliphatic carbocycles. The summed E-state index contributed by atoms with van der Waals surface area (Å²) in [5, 5.41) is 15.1. The molecular formula is C70H95N31O24. The number of imidazole rings is 1. The number of nitrogens with two attached hydrogens (primary N) is 5. The van der Waals surface area contributed by atoms with E-state index in [9.17, 15) is 105 Å². The van der Waals surface area contributed by atoms with Gasteiger partial charge in [-0.1, -0.05) is 0 Å². The van der Waals surface area contributed by atoms with Crippen LogP contribution in [0, 0.1) is 20.8 Å². The summed E-state index contributed by atoms with van der Waals surface area (Å²) in [6.45, 7) is -9.84. The fraction of sp³-hybridized carbons (Fsp3) is 0.457. The molecule has 674 valence electrons. The van der Waals surface area contributed by atoms with E-state index in [-0.39, 0.29) is 98.0 Å². The molecule has 0 aliphatic rings. The Morgan fingerprint density at radius 3 is 1.01 bits per heavy atom. The molecule has 20 N–H and O–H groups in total. The van der Waals surface area contributed by atoms with E-state index in [0.717, 1.165) is 89.5 Å². The number of hydrogen-bond donors (Lipinski definition) is 15. The molecule has 7 heterocycles. The van der Waals surface area contributed by atoms with Crippen molar-refractivity contribution in [1.82, 2.24) is 129 Å². The van der Waals surface area contributed by atoms with Crippen molar-refractivity contribution < 1.29 is 71.8 Å². The topological polar surface area (TPSA) is 760 Å². The minimum Gasteiger partial charge on any atom is -0.383 e. The van der Waals surface area contributed by atoms with Crippen LogP contribution < -0.4 is 111 Å². The Morgan fingerprint density at radius 1 is 0.384 bits per heavy atom. The van der Waals surface area contributed by atoms with Crippen LogP contribution in [0.2, 0.25) is 0 Å². The van der Waals surface area contributed by atoms with E-state index >= 15 is 0 Å². The minimum atomic E-state index is -1.04. The molecule has 0 saturated carbocycles. The monoisotopic (exact) mass is 1750 g/mol. The number of anilines is 3.